The minimum absolute atomic E-state index is 0.145. The van der Waals surface area contributed by atoms with Crippen LogP contribution in [0, 0.1) is 0 Å². The van der Waals surface area contributed by atoms with Crippen LogP contribution in [0.1, 0.15) is 12.5 Å². The molecule has 1 aromatic carbocycles. The van der Waals surface area contributed by atoms with Gasteiger partial charge >= 0.3 is 11.9 Å². The predicted molar refractivity (Wildman–Crippen MR) is 74.4 cm³/mol. The van der Waals surface area contributed by atoms with Crippen molar-refractivity contribution in [1.29, 1.82) is 0 Å². The van der Waals surface area contributed by atoms with E-state index in [0.717, 1.165) is 11.6 Å². The number of carboxylic acid groups (broad SMARTS) is 1. The summed E-state index contributed by atoms with van der Waals surface area (Å²) < 4.78 is 10.2. The van der Waals surface area contributed by atoms with E-state index in [9.17, 15) is 9.59 Å². The quantitative estimate of drug-likeness (QED) is 0.470. The number of hydrogen-bond donors (Lipinski definition) is 1. The first-order chi connectivity index (χ1) is 9.49. The fourth-order valence-electron chi connectivity index (χ4n) is 1.26. The largest absolute Gasteiger partial charge is 0.490 e. The van der Waals surface area contributed by atoms with E-state index >= 15 is 0 Å². The molecule has 0 saturated carbocycles. The Morgan fingerprint density at radius 1 is 1.25 bits per heavy atom. The zero-order valence-corrected chi connectivity index (χ0v) is 11.2. The van der Waals surface area contributed by atoms with Gasteiger partial charge in [0, 0.05) is 11.6 Å². The lowest BCUT2D eigenvalue weighted by molar-refractivity contribution is -0.139. The van der Waals surface area contributed by atoms with Crippen LogP contribution < -0.4 is 4.74 Å². The maximum Gasteiger partial charge on any atom is 0.333 e. The van der Waals surface area contributed by atoms with Gasteiger partial charge in [-0.1, -0.05) is 18.7 Å². The van der Waals surface area contributed by atoms with Crippen LogP contribution in [-0.2, 0) is 14.3 Å². The molecule has 0 aromatic heterocycles. The first-order valence-corrected chi connectivity index (χ1v) is 5.95. The first kappa shape index (κ1) is 15.5. The van der Waals surface area contributed by atoms with Gasteiger partial charge in [-0.2, -0.15) is 0 Å². The third kappa shape index (κ3) is 5.86. The van der Waals surface area contributed by atoms with Crippen molar-refractivity contribution in [2.45, 2.75) is 6.92 Å². The lowest BCUT2D eigenvalue weighted by Gasteiger charge is -2.07. The number of carboxylic acids is 1. The topological polar surface area (TPSA) is 72.8 Å². The highest BCUT2D eigenvalue weighted by Crippen LogP contribution is 2.13. The second-order valence-electron chi connectivity index (χ2n) is 4.01. The van der Waals surface area contributed by atoms with Crippen LogP contribution in [0.3, 0.4) is 0 Å². The Morgan fingerprint density at radius 3 is 2.45 bits per heavy atom. The Balaban J connectivity index is 2.37. The minimum atomic E-state index is -0.996. The summed E-state index contributed by atoms with van der Waals surface area (Å²) in [6.45, 7) is 5.43. The fraction of sp³-hybridized carbons (Fsp3) is 0.200. The first-order valence-electron chi connectivity index (χ1n) is 5.95. The Bertz CT molecular complexity index is 514. The number of hydrogen-bond acceptors (Lipinski definition) is 4. The molecule has 0 unspecified atom stereocenters. The van der Waals surface area contributed by atoms with Gasteiger partial charge in [-0.25, -0.2) is 9.59 Å². The Kier molecular flexibility index (Phi) is 6.03. The van der Waals surface area contributed by atoms with Crippen LogP contribution in [-0.4, -0.2) is 30.3 Å². The third-order valence-corrected chi connectivity index (χ3v) is 2.23. The molecule has 20 heavy (non-hydrogen) atoms. The monoisotopic (exact) mass is 276 g/mol. The van der Waals surface area contributed by atoms with Gasteiger partial charge in [0.2, 0.25) is 0 Å². The van der Waals surface area contributed by atoms with Crippen molar-refractivity contribution in [3.05, 3.63) is 48.1 Å². The second-order valence-corrected chi connectivity index (χ2v) is 4.01. The number of ether oxygens (including phenoxy) is 2. The minimum Gasteiger partial charge on any atom is -0.490 e. The molecule has 0 bridgehead atoms. The summed E-state index contributed by atoms with van der Waals surface area (Å²) in [5.74, 6) is -0.823. The van der Waals surface area contributed by atoms with Crippen LogP contribution in [0.25, 0.3) is 6.08 Å². The Labute approximate surface area is 117 Å². The summed E-state index contributed by atoms with van der Waals surface area (Å²) in [5, 5.41) is 8.50. The average molecular weight is 276 g/mol. The molecule has 0 saturated heterocycles. The lowest BCUT2D eigenvalue weighted by atomic mass is 10.2. The molecule has 0 radical (unpaired) electrons. The van der Waals surface area contributed by atoms with Gasteiger partial charge < -0.3 is 14.6 Å². The lowest BCUT2D eigenvalue weighted by Crippen LogP contribution is -2.12. The number of aliphatic carboxylic acids is 1. The summed E-state index contributed by atoms with van der Waals surface area (Å²) >= 11 is 0. The summed E-state index contributed by atoms with van der Waals surface area (Å²) in [6.07, 6.45) is 2.55. The highest BCUT2D eigenvalue weighted by molar-refractivity contribution is 5.87. The van der Waals surface area contributed by atoms with E-state index in [4.69, 9.17) is 14.6 Å². The van der Waals surface area contributed by atoms with E-state index in [0.29, 0.717) is 11.3 Å². The molecule has 0 atom stereocenters. The molecular weight excluding hydrogens is 260 g/mol. The molecule has 0 spiro atoms. The van der Waals surface area contributed by atoms with E-state index in [2.05, 4.69) is 6.58 Å². The number of esters is 1. The van der Waals surface area contributed by atoms with Crippen molar-refractivity contribution >= 4 is 18.0 Å². The number of carbonyl (C=O) groups excluding carboxylic acids is 1. The van der Waals surface area contributed by atoms with E-state index in [-0.39, 0.29) is 13.2 Å². The van der Waals surface area contributed by atoms with Gasteiger partial charge in [0.15, 0.2) is 0 Å². The number of rotatable bonds is 7. The van der Waals surface area contributed by atoms with Crippen molar-refractivity contribution in [3.8, 4) is 5.75 Å². The van der Waals surface area contributed by atoms with Crippen LogP contribution in [0.4, 0.5) is 0 Å². The summed E-state index contributed by atoms with van der Waals surface area (Å²) in [7, 11) is 0. The maximum atomic E-state index is 11.1. The van der Waals surface area contributed by atoms with Crippen molar-refractivity contribution in [2.75, 3.05) is 13.2 Å². The molecular formula is C15H16O5. The summed E-state index contributed by atoms with van der Waals surface area (Å²) in [5.41, 5.74) is 1.10. The SMILES string of the molecule is C=C(C)C(=O)OCCOc1ccc(/C=C/C(=O)O)cc1. The van der Waals surface area contributed by atoms with E-state index in [1.807, 2.05) is 0 Å². The Morgan fingerprint density at radius 2 is 1.90 bits per heavy atom. The molecule has 1 aromatic rings. The van der Waals surface area contributed by atoms with E-state index in [1.165, 1.54) is 6.08 Å². The van der Waals surface area contributed by atoms with Crippen LogP contribution >= 0.6 is 0 Å². The molecule has 0 aliphatic rings. The molecule has 5 heteroatoms. The molecule has 0 aliphatic heterocycles. The smallest absolute Gasteiger partial charge is 0.333 e. The normalized spacial score (nSPS) is 10.2. The van der Waals surface area contributed by atoms with E-state index in [1.54, 1.807) is 31.2 Å². The van der Waals surface area contributed by atoms with Crippen LogP contribution in [0.5, 0.6) is 5.75 Å². The summed E-state index contributed by atoms with van der Waals surface area (Å²) in [4.78, 5) is 21.5. The molecule has 106 valence electrons. The molecule has 1 N–H and O–H groups in total. The zero-order chi connectivity index (χ0) is 15.0. The fourth-order valence-corrected chi connectivity index (χ4v) is 1.26. The van der Waals surface area contributed by atoms with Crippen LogP contribution in [0.2, 0.25) is 0 Å². The van der Waals surface area contributed by atoms with E-state index < -0.39 is 11.9 Å². The van der Waals surface area contributed by atoms with Crippen molar-refractivity contribution < 1.29 is 24.2 Å². The van der Waals surface area contributed by atoms with Crippen molar-refractivity contribution in [1.82, 2.24) is 0 Å². The molecule has 0 aliphatic carbocycles. The van der Waals surface area contributed by atoms with Crippen LogP contribution in [0.15, 0.2) is 42.5 Å². The maximum absolute atomic E-state index is 11.1. The average Bonchev–Trinajstić information content (AvgIpc) is 2.42. The molecule has 0 fully saturated rings. The molecule has 1 rings (SSSR count). The Hall–Kier alpha value is -2.56. The van der Waals surface area contributed by atoms with Crippen molar-refractivity contribution in [2.24, 2.45) is 0 Å². The molecule has 0 heterocycles. The van der Waals surface area contributed by atoms with Gasteiger partial charge in [-0.3, -0.25) is 0 Å². The zero-order valence-electron chi connectivity index (χ0n) is 11.2. The van der Waals surface area contributed by atoms with Gasteiger partial charge in [0.25, 0.3) is 0 Å². The third-order valence-electron chi connectivity index (χ3n) is 2.23. The number of carbonyl (C=O) groups is 2. The standard InChI is InChI=1S/C15H16O5/c1-11(2)15(18)20-10-9-19-13-6-3-12(4-7-13)5-8-14(16)17/h3-8H,1,9-10H2,2H3,(H,16,17)/b8-5+. The highest BCUT2D eigenvalue weighted by Gasteiger charge is 2.02. The predicted octanol–water partition coefficient (Wildman–Crippen LogP) is 2.28. The summed E-state index contributed by atoms with van der Waals surface area (Å²) in [6, 6.07) is 6.88. The van der Waals surface area contributed by atoms with Crippen molar-refractivity contribution in [3.63, 3.8) is 0 Å². The molecule has 0 amide bonds. The van der Waals surface area contributed by atoms with Gasteiger partial charge in [0.1, 0.15) is 19.0 Å². The number of benzene rings is 1. The highest BCUT2D eigenvalue weighted by atomic mass is 16.6. The second kappa shape index (κ2) is 7.78. The van der Waals surface area contributed by atoms with Gasteiger partial charge in [0.05, 0.1) is 0 Å². The van der Waals surface area contributed by atoms with Gasteiger partial charge in [-0.15, -0.1) is 0 Å². The molecule has 5 nitrogen and oxygen atoms in total. The van der Waals surface area contributed by atoms with Gasteiger partial charge in [-0.05, 0) is 30.7 Å².